The molecule has 4 aromatic rings. The van der Waals surface area contributed by atoms with E-state index in [9.17, 15) is 0 Å². The number of nitrogens with zero attached hydrogens (tertiary/aromatic N) is 3. The van der Waals surface area contributed by atoms with Crippen molar-refractivity contribution in [3.8, 4) is 22.1 Å². The minimum Gasteiger partial charge on any atom is -0.495 e. The van der Waals surface area contributed by atoms with Crippen molar-refractivity contribution in [3.63, 3.8) is 0 Å². The zero-order chi connectivity index (χ0) is 20.9. The van der Waals surface area contributed by atoms with Crippen molar-refractivity contribution in [1.29, 1.82) is 0 Å². The van der Waals surface area contributed by atoms with Crippen LogP contribution in [-0.2, 0) is 0 Å². The van der Waals surface area contributed by atoms with Gasteiger partial charge < -0.3 is 9.46 Å². The first kappa shape index (κ1) is 20.8. The maximum Gasteiger partial charge on any atom is 0.239 e. The summed E-state index contributed by atoms with van der Waals surface area (Å²) in [5, 5.41) is 11.2. The number of hydrogen-bond acceptors (Lipinski definition) is 6. The van der Waals surface area contributed by atoms with Gasteiger partial charge in [0.25, 0.3) is 0 Å². The van der Waals surface area contributed by atoms with Crippen LogP contribution in [0, 0.1) is 0 Å². The van der Waals surface area contributed by atoms with Gasteiger partial charge in [0.2, 0.25) is 5.95 Å². The van der Waals surface area contributed by atoms with Crippen LogP contribution in [0.15, 0.2) is 66.0 Å². The van der Waals surface area contributed by atoms with Gasteiger partial charge in [0.1, 0.15) is 5.75 Å². The van der Waals surface area contributed by atoms with E-state index in [0.29, 0.717) is 5.95 Å². The minimum atomic E-state index is 0.543. The smallest absolute Gasteiger partial charge is 0.239 e. The second-order valence-corrected chi connectivity index (χ2v) is 8.38. The Bertz CT molecular complexity index is 1090. The molecule has 5 rings (SSSR count). The van der Waals surface area contributed by atoms with Crippen molar-refractivity contribution < 1.29 is 4.74 Å². The molecule has 30 heavy (non-hydrogen) atoms. The van der Waals surface area contributed by atoms with Gasteiger partial charge in [-0.2, -0.15) is 0 Å². The average Bonchev–Trinajstić information content (AvgIpc) is 3.32. The monoisotopic (exact) mass is 456 g/mol. The summed E-state index contributed by atoms with van der Waals surface area (Å²) >= 11 is 11.4. The predicted molar refractivity (Wildman–Crippen MR) is 127 cm³/mol. The second-order valence-electron chi connectivity index (χ2n) is 6.77. The fraction of sp³-hybridized carbons (Fsp3) is 0.182. The highest BCUT2D eigenvalue weighted by Crippen LogP contribution is 2.40. The molecule has 2 aromatic heterocycles. The zero-order valence-electron chi connectivity index (χ0n) is 16.3. The van der Waals surface area contributed by atoms with Gasteiger partial charge in [0, 0.05) is 5.02 Å². The molecule has 1 N–H and O–H groups in total. The maximum atomic E-state index is 5.74. The summed E-state index contributed by atoms with van der Waals surface area (Å²) in [6.07, 6.45) is 2.73. The number of methoxy groups -OCH3 is 1. The van der Waals surface area contributed by atoms with Gasteiger partial charge in [0.15, 0.2) is 5.82 Å². The maximum absolute atomic E-state index is 5.74. The predicted octanol–water partition coefficient (Wildman–Crippen LogP) is 6.48. The Labute approximate surface area is 190 Å². The van der Waals surface area contributed by atoms with Crippen molar-refractivity contribution >= 4 is 41.7 Å². The van der Waals surface area contributed by atoms with Crippen LogP contribution < -0.4 is 9.46 Å². The molecule has 0 amide bonds. The molecule has 1 saturated carbocycles. The van der Waals surface area contributed by atoms with E-state index in [2.05, 4.69) is 39.9 Å². The van der Waals surface area contributed by atoms with Crippen molar-refractivity contribution in [2.24, 2.45) is 0 Å². The first-order chi connectivity index (χ1) is 14.7. The van der Waals surface area contributed by atoms with E-state index in [0.717, 1.165) is 33.1 Å². The quantitative estimate of drug-likeness (QED) is 0.337. The topological polar surface area (TPSA) is 52.0 Å². The van der Waals surface area contributed by atoms with Crippen molar-refractivity contribution in [3.05, 3.63) is 76.6 Å². The van der Waals surface area contributed by atoms with E-state index in [1.54, 1.807) is 18.4 Å². The molecule has 1 aliphatic rings. The number of anilines is 1. The lowest BCUT2D eigenvalue weighted by Crippen LogP contribution is -2.02. The molecule has 0 saturated heterocycles. The molecule has 0 bridgehead atoms. The number of aromatic nitrogens is 3. The number of thiophene rings is 1. The Morgan fingerprint density at radius 2 is 1.83 bits per heavy atom. The SMILES string of the molecule is COc1ccccc1-n1c(NS)nnc1-c1cccs1.Clc1ccc(C2CC2)cc1. The number of ether oxygens (including phenoxy) is 1. The van der Waals surface area contributed by atoms with Crippen molar-refractivity contribution in [2.45, 2.75) is 18.8 Å². The Morgan fingerprint density at radius 1 is 1.07 bits per heavy atom. The fourth-order valence-corrected chi connectivity index (χ4v) is 4.09. The highest BCUT2D eigenvalue weighted by Gasteiger charge is 2.22. The molecule has 8 heteroatoms. The summed E-state index contributed by atoms with van der Waals surface area (Å²) in [6.45, 7) is 0. The van der Waals surface area contributed by atoms with E-state index in [4.69, 9.17) is 16.3 Å². The summed E-state index contributed by atoms with van der Waals surface area (Å²) in [4.78, 5) is 1.03. The van der Waals surface area contributed by atoms with Crippen LogP contribution in [0.25, 0.3) is 16.4 Å². The Balaban J connectivity index is 0.000000181. The van der Waals surface area contributed by atoms with Gasteiger partial charge in [0.05, 0.1) is 17.7 Å². The normalized spacial score (nSPS) is 12.8. The molecule has 0 atom stereocenters. The number of benzene rings is 2. The second kappa shape index (κ2) is 9.55. The first-order valence-corrected chi connectivity index (χ1v) is 11.2. The van der Waals surface area contributed by atoms with Crippen LogP contribution in [0.4, 0.5) is 5.95 Å². The lowest BCUT2D eigenvalue weighted by atomic mass is 10.1. The molecule has 154 valence electrons. The molecule has 0 radical (unpaired) electrons. The van der Waals surface area contributed by atoms with E-state index in [1.807, 2.05) is 58.5 Å². The van der Waals surface area contributed by atoms with Crippen LogP contribution in [0.1, 0.15) is 24.3 Å². The van der Waals surface area contributed by atoms with Crippen molar-refractivity contribution in [1.82, 2.24) is 14.8 Å². The molecule has 0 spiro atoms. The molecular weight excluding hydrogens is 436 g/mol. The molecule has 0 unspecified atom stereocenters. The molecule has 1 fully saturated rings. The zero-order valence-corrected chi connectivity index (χ0v) is 18.8. The van der Waals surface area contributed by atoms with E-state index < -0.39 is 0 Å². The Morgan fingerprint density at radius 3 is 2.47 bits per heavy atom. The van der Waals surface area contributed by atoms with E-state index >= 15 is 0 Å². The van der Waals surface area contributed by atoms with Crippen LogP contribution in [-0.4, -0.2) is 21.9 Å². The number of nitrogens with one attached hydrogen (secondary N) is 1. The summed E-state index contributed by atoms with van der Waals surface area (Å²) in [5.74, 6) is 2.88. The van der Waals surface area contributed by atoms with Gasteiger partial charge >= 0.3 is 0 Å². The van der Waals surface area contributed by atoms with Gasteiger partial charge in [-0.15, -0.1) is 21.5 Å². The molecular formula is C22H21ClN4OS2. The van der Waals surface area contributed by atoms with Crippen LogP contribution in [0.3, 0.4) is 0 Å². The molecule has 1 aliphatic carbocycles. The third kappa shape index (κ3) is 4.64. The Hall–Kier alpha value is -2.48. The van der Waals surface area contributed by atoms with Crippen LogP contribution in [0.2, 0.25) is 5.02 Å². The molecule has 2 aromatic carbocycles. The lowest BCUT2D eigenvalue weighted by Gasteiger charge is -2.12. The van der Waals surface area contributed by atoms with Crippen LogP contribution >= 0.6 is 35.8 Å². The molecule has 2 heterocycles. The fourth-order valence-electron chi connectivity index (χ4n) is 3.12. The first-order valence-electron chi connectivity index (χ1n) is 9.49. The number of halogens is 1. The number of thiol groups is 1. The molecule has 5 nitrogen and oxygen atoms in total. The van der Waals surface area contributed by atoms with Crippen LogP contribution in [0.5, 0.6) is 5.75 Å². The Kier molecular flexibility index (Phi) is 6.62. The van der Waals surface area contributed by atoms with Gasteiger partial charge in [-0.1, -0.05) is 54.7 Å². The third-order valence-electron chi connectivity index (χ3n) is 4.75. The van der Waals surface area contributed by atoms with E-state index in [1.165, 1.54) is 18.4 Å². The standard InChI is InChI=1S/C13H12N4OS2.C9H9Cl/c1-18-10-6-3-2-5-9(10)17-12(11-7-4-8-20-11)14-15-13(17)16-19;10-9-5-3-8(4-6-9)7-1-2-7/h2-8,19H,1H3,(H,15,16);3-7H,1-2H2. The summed E-state index contributed by atoms with van der Waals surface area (Å²) in [5.41, 5.74) is 2.31. The number of rotatable bonds is 5. The van der Waals surface area contributed by atoms with Gasteiger partial charge in [-0.3, -0.25) is 4.57 Å². The number of hydrogen-bond donors (Lipinski definition) is 2. The van der Waals surface area contributed by atoms with E-state index in [-0.39, 0.29) is 0 Å². The minimum absolute atomic E-state index is 0.543. The highest BCUT2D eigenvalue weighted by molar-refractivity contribution is 7.81. The summed E-state index contributed by atoms with van der Waals surface area (Å²) in [6, 6.07) is 19.9. The largest absolute Gasteiger partial charge is 0.495 e. The molecule has 0 aliphatic heterocycles. The summed E-state index contributed by atoms with van der Waals surface area (Å²) < 4.78 is 10.1. The highest BCUT2D eigenvalue weighted by atomic mass is 35.5. The lowest BCUT2D eigenvalue weighted by molar-refractivity contribution is 0.413. The third-order valence-corrected chi connectivity index (χ3v) is 6.07. The summed E-state index contributed by atoms with van der Waals surface area (Å²) in [7, 11) is 1.64. The van der Waals surface area contributed by atoms with Gasteiger partial charge in [-0.25, -0.2) is 0 Å². The van der Waals surface area contributed by atoms with Gasteiger partial charge in [-0.05, 0) is 60.0 Å². The van der Waals surface area contributed by atoms with Crippen molar-refractivity contribution in [2.75, 3.05) is 11.8 Å². The average molecular weight is 457 g/mol. The number of para-hydroxylation sites is 2.